The van der Waals surface area contributed by atoms with Gasteiger partial charge in [-0.25, -0.2) is 9.97 Å². The molecule has 2 N–H and O–H groups in total. The number of aromatic nitrogens is 2. The minimum atomic E-state index is 0.379. The van der Waals surface area contributed by atoms with Crippen LogP contribution >= 0.6 is 0 Å². The van der Waals surface area contributed by atoms with E-state index in [1.165, 1.54) is 0 Å². The molecule has 0 aromatic carbocycles. The van der Waals surface area contributed by atoms with Gasteiger partial charge in [-0.3, -0.25) is 0 Å². The van der Waals surface area contributed by atoms with E-state index in [-0.39, 0.29) is 0 Å². The van der Waals surface area contributed by atoms with Crippen molar-refractivity contribution in [3.8, 4) is 0 Å². The van der Waals surface area contributed by atoms with E-state index in [0.717, 1.165) is 56.5 Å². The molecule has 1 atom stereocenters. The van der Waals surface area contributed by atoms with Crippen LogP contribution in [0.1, 0.15) is 32.5 Å². The number of aryl methyl sites for hydroxylation is 1. The van der Waals surface area contributed by atoms with Crippen LogP contribution in [0.2, 0.25) is 0 Å². The highest BCUT2D eigenvalue weighted by atomic mass is 16.5. The fraction of sp³-hybridized carbons (Fsp3) is 0.692. The van der Waals surface area contributed by atoms with E-state index in [2.05, 4.69) is 34.4 Å². The molecule has 0 radical (unpaired) electrons. The Balaban J connectivity index is 2.10. The summed E-state index contributed by atoms with van der Waals surface area (Å²) in [6.45, 7) is 6.68. The van der Waals surface area contributed by atoms with Gasteiger partial charge in [-0.2, -0.15) is 0 Å². The van der Waals surface area contributed by atoms with Gasteiger partial charge in [-0.05, 0) is 19.8 Å². The van der Waals surface area contributed by atoms with Crippen molar-refractivity contribution in [1.29, 1.82) is 0 Å². The summed E-state index contributed by atoms with van der Waals surface area (Å²) >= 11 is 0. The van der Waals surface area contributed by atoms with Gasteiger partial charge in [-0.15, -0.1) is 0 Å². The number of nitrogens with zero attached hydrogens (tertiary/aromatic N) is 2. The largest absolute Gasteiger partial charge is 0.379 e. The molecule has 1 aliphatic heterocycles. The van der Waals surface area contributed by atoms with E-state index < -0.39 is 0 Å². The second kappa shape index (κ2) is 6.54. The lowest BCUT2D eigenvalue weighted by Crippen LogP contribution is -2.20. The molecule has 18 heavy (non-hydrogen) atoms. The summed E-state index contributed by atoms with van der Waals surface area (Å²) in [7, 11) is 0. The van der Waals surface area contributed by atoms with Crippen LogP contribution in [0.4, 0.5) is 11.6 Å². The van der Waals surface area contributed by atoms with E-state index in [9.17, 15) is 0 Å². The summed E-state index contributed by atoms with van der Waals surface area (Å²) in [4.78, 5) is 9.05. The van der Waals surface area contributed by atoms with E-state index in [0.29, 0.717) is 6.04 Å². The van der Waals surface area contributed by atoms with Gasteiger partial charge < -0.3 is 15.4 Å². The van der Waals surface area contributed by atoms with Crippen molar-refractivity contribution in [3.63, 3.8) is 0 Å². The van der Waals surface area contributed by atoms with Crippen LogP contribution in [0.25, 0.3) is 0 Å². The molecule has 100 valence electrons. The van der Waals surface area contributed by atoms with Gasteiger partial charge in [0.25, 0.3) is 0 Å². The maximum absolute atomic E-state index is 5.36. The third kappa shape index (κ3) is 3.57. The summed E-state index contributed by atoms with van der Waals surface area (Å²) in [5.74, 6) is 2.70. The van der Waals surface area contributed by atoms with Gasteiger partial charge in [0.15, 0.2) is 0 Å². The second-order valence-corrected chi connectivity index (χ2v) is 4.54. The minimum absolute atomic E-state index is 0.379. The molecular weight excluding hydrogens is 228 g/mol. The summed E-state index contributed by atoms with van der Waals surface area (Å²) in [5.41, 5.74) is 0. The Kier molecular flexibility index (Phi) is 4.75. The van der Waals surface area contributed by atoms with Crippen molar-refractivity contribution in [2.75, 3.05) is 30.4 Å². The number of nitrogens with one attached hydrogen (secondary N) is 2. The summed E-state index contributed by atoms with van der Waals surface area (Å²) in [6.07, 6.45) is 3.01. The van der Waals surface area contributed by atoms with E-state index >= 15 is 0 Å². The van der Waals surface area contributed by atoms with Crippen LogP contribution in [0.5, 0.6) is 0 Å². The molecule has 2 rings (SSSR count). The molecule has 5 heteroatoms. The minimum Gasteiger partial charge on any atom is -0.379 e. The van der Waals surface area contributed by atoms with Crippen molar-refractivity contribution in [3.05, 3.63) is 11.9 Å². The average molecular weight is 250 g/mol. The molecule has 5 nitrogen and oxygen atoms in total. The van der Waals surface area contributed by atoms with E-state index in [4.69, 9.17) is 4.74 Å². The molecule has 0 aliphatic carbocycles. The highest BCUT2D eigenvalue weighted by Gasteiger charge is 2.16. The molecule has 1 saturated heterocycles. The Morgan fingerprint density at radius 1 is 1.33 bits per heavy atom. The van der Waals surface area contributed by atoms with Gasteiger partial charge in [-0.1, -0.05) is 6.92 Å². The maximum atomic E-state index is 5.36. The third-order valence-electron chi connectivity index (χ3n) is 2.89. The van der Waals surface area contributed by atoms with Crippen molar-refractivity contribution in [1.82, 2.24) is 9.97 Å². The first kappa shape index (κ1) is 13.1. The van der Waals surface area contributed by atoms with Crippen molar-refractivity contribution in [2.24, 2.45) is 0 Å². The zero-order chi connectivity index (χ0) is 12.8. The molecular formula is C13H22N4O. The number of rotatable bonds is 6. The molecule has 2 heterocycles. The predicted molar refractivity (Wildman–Crippen MR) is 73.0 cm³/mol. The lowest BCUT2D eigenvalue weighted by atomic mass is 10.2. The molecule has 0 amide bonds. The van der Waals surface area contributed by atoms with Crippen molar-refractivity contribution >= 4 is 11.6 Å². The zero-order valence-corrected chi connectivity index (χ0v) is 11.2. The number of hydrogen-bond donors (Lipinski definition) is 2. The smallest absolute Gasteiger partial charge is 0.133 e. The van der Waals surface area contributed by atoms with Crippen LogP contribution in [0, 0.1) is 0 Å². The number of hydrogen-bond acceptors (Lipinski definition) is 5. The van der Waals surface area contributed by atoms with Gasteiger partial charge >= 0.3 is 0 Å². The Morgan fingerprint density at radius 3 is 2.83 bits per heavy atom. The monoisotopic (exact) mass is 250 g/mol. The molecule has 1 aliphatic rings. The molecule has 1 unspecified atom stereocenters. The Morgan fingerprint density at radius 2 is 2.17 bits per heavy atom. The van der Waals surface area contributed by atoms with E-state index in [1.807, 2.05) is 6.07 Å². The number of ether oxygens (including phenoxy) is 1. The van der Waals surface area contributed by atoms with Crippen molar-refractivity contribution in [2.45, 2.75) is 39.2 Å². The predicted octanol–water partition coefficient (Wildman–Crippen LogP) is 2.06. The van der Waals surface area contributed by atoms with Crippen LogP contribution in [-0.2, 0) is 11.2 Å². The fourth-order valence-corrected chi connectivity index (χ4v) is 2.04. The average Bonchev–Trinajstić information content (AvgIpc) is 2.82. The first-order valence-corrected chi connectivity index (χ1v) is 6.78. The van der Waals surface area contributed by atoms with Crippen LogP contribution in [0.3, 0.4) is 0 Å². The molecule has 1 fully saturated rings. The molecule has 0 spiro atoms. The van der Waals surface area contributed by atoms with Gasteiger partial charge in [0.2, 0.25) is 0 Å². The fourth-order valence-electron chi connectivity index (χ4n) is 2.04. The summed E-state index contributed by atoms with van der Waals surface area (Å²) in [5, 5.41) is 6.67. The first-order chi connectivity index (χ1) is 8.81. The van der Waals surface area contributed by atoms with Crippen LogP contribution in [-0.4, -0.2) is 35.8 Å². The summed E-state index contributed by atoms with van der Waals surface area (Å²) < 4.78 is 5.36. The zero-order valence-electron chi connectivity index (χ0n) is 11.2. The molecule has 0 bridgehead atoms. The SMILES string of the molecule is CCCc1nc(NCC)cc(NC2CCOC2)n1. The Bertz CT molecular complexity index is 353. The van der Waals surface area contributed by atoms with Crippen LogP contribution in [0.15, 0.2) is 6.07 Å². The highest BCUT2D eigenvalue weighted by molar-refractivity contribution is 5.48. The van der Waals surface area contributed by atoms with E-state index in [1.54, 1.807) is 0 Å². The quantitative estimate of drug-likeness (QED) is 0.809. The van der Waals surface area contributed by atoms with Crippen molar-refractivity contribution < 1.29 is 4.74 Å². The maximum Gasteiger partial charge on any atom is 0.133 e. The van der Waals surface area contributed by atoms with Gasteiger partial charge in [0, 0.05) is 25.6 Å². The highest BCUT2D eigenvalue weighted by Crippen LogP contribution is 2.16. The normalized spacial score (nSPS) is 18.9. The van der Waals surface area contributed by atoms with Crippen LogP contribution < -0.4 is 10.6 Å². The molecule has 1 aromatic rings. The molecule has 0 saturated carbocycles. The van der Waals surface area contributed by atoms with Gasteiger partial charge in [0.05, 0.1) is 12.6 Å². The second-order valence-electron chi connectivity index (χ2n) is 4.54. The Hall–Kier alpha value is -1.36. The topological polar surface area (TPSA) is 59.1 Å². The lowest BCUT2D eigenvalue weighted by Gasteiger charge is -2.13. The lowest BCUT2D eigenvalue weighted by molar-refractivity contribution is 0.195. The third-order valence-corrected chi connectivity index (χ3v) is 2.89. The first-order valence-electron chi connectivity index (χ1n) is 6.78. The molecule has 1 aromatic heterocycles. The number of anilines is 2. The standard InChI is InChI=1S/C13H22N4O/c1-3-5-11-16-12(14-4-2)8-13(17-11)15-10-6-7-18-9-10/h8,10H,3-7,9H2,1-2H3,(H2,14,15,16,17). The van der Waals surface area contributed by atoms with Gasteiger partial charge in [0.1, 0.15) is 17.5 Å². The summed E-state index contributed by atoms with van der Waals surface area (Å²) in [6, 6.07) is 2.35. The Labute approximate surface area is 108 Å².